The number of thioether (sulfide) groups is 1. The predicted octanol–water partition coefficient (Wildman–Crippen LogP) is 6.14. The van der Waals surface area contributed by atoms with Gasteiger partial charge < -0.3 is 19.6 Å². The Morgan fingerprint density at radius 1 is 1.05 bits per heavy atom. The fraction of sp³-hybridized carbons (Fsp3) is 0.433. The van der Waals surface area contributed by atoms with E-state index in [-0.39, 0.29) is 6.04 Å². The summed E-state index contributed by atoms with van der Waals surface area (Å²) in [5.41, 5.74) is 3.27. The Hall–Kier alpha value is -3.37. The summed E-state index contributed by atoms with van der Waals surface area (Å²) in [6.45, 7) is 2.74. The highest BCUT2D eigenvalue weighted by atomic mass is 32.2. The lowest BCUT2D eigenvalue weighted by Gasteiger charge is -2.27. The van der Waals surface area contributed by atoms with E-state index in [1.54, 1.807) is 0 Å². The highest BCUT2D eigenvalue weighted by Gasteiger charge is 2.25. The summed E-state index contributed by atoms with van der Waals surface area (Å²) in [6, 6.07) is 17.2. The number of para-hydroxylation sites is 1. The first-order valence-corrected chi connectivity index (χ1v) is 15.3. The van der Waals surface area contributed by atoms with Gasteiger partial charge in [-0.1, -0.05) is 31.0 Å². The topological polar surface area (TPSA) is 83.4 Å². The number of nitrogens with zero attached hydrogens (tertiary/aromatic N) is 5. The smallest absolute Gasteiger partial charge is 0.164 e. The zero-order valence-corrected chi connectivity index (χ0v) is 23.3. The highest BCUT2D eigenvalue weighted by molar-refractivity contribution is 8.14. The molecule has 10 heteroatoms. The molecule has 0 spiro atoms. The van der Waals surface area contributed by atoms with Crippen LogP contribution < -0.4 is 10.1 Å². The number of nitrogens with one attached hydrogen (secondary N) is 2. The average Bonchev–Trinajstić information content (AvgIpc) is 3.79. The standard InChI is InChI=1S/C30H34FN7OS/c31-17-27-35-36-28-18-37(12-13-38(27)28)11-10-22-19-40-30(33-22)26-15-20-14-24(39-23-8-2-1-3-9-23)16-25(29(20)34-26)32-21-6-4-5-7-21/h1-3,8-9,14-16,21-22,32,34H,4-7,10-13,17-19H2/t22-/m0/s1. The number of H-pyrrole nitrogens is 1. The number of hydrogen-bond acceptors (Lipinski definition) is 7. The molecule has 0 unspecified atom stereocenters. The SMILES string of the molecule is FCc1nnc2n1CCN(CC[C@H]1CSC(c3cc4cc(Oc5ccccc5)cc(NC5CCCC5)c4[nH]3)=N1)C2. The molecule has 3 aliphatic rings. The van der Waals surface area contributed by atoms with Crippen LogP contribution in [0.5, 0.6) is 11.5 Å². The number of aromatic amines is 1. The third-order valence-corrected chi connectivity index (χ3v) is 9.30. The lowest BCUT2D eigenvalue weighted by atomic mass is 10.1. The fourth-order valence-corrected chi connectivity index (χ4v) is 7.10. The van der Waals surface area contributed by atoms with E-state index in [4.69, 9.17) is 9.73 Å². The first-order valence-electron chi connectivity index (χ1n) is 14.3. The highest BCUT2D eigenvalue weighted by Crippen LogP contribution is 2.36. The van der Waals surface area contributed by atoms with Crippen LogP contribution in [0.4, 0.5) is 10.1 Å². The van der Waals surface area contributed by atoms with E-state index in [9.17, 15) is 4.39 Å². The molecule has 1 fully saturated rings. The Labute approximate surface area is 237 Å². The molecule has 7 rings (SSSR count). The molecule has 2 N–H and O–H groups in total. The van der Waals surface area contributed by atoms with Crippen LogP contribution in [-0.4, -0.2) is 60.6 Å². The number of anilines is 1. The van der Waals surface area contributed by atoms with Gasteiger partial charge in [0.1, 0.15) is 29.0 Å². The monoisotopic (exact) mass is 559 g/mol. The second-order valence-corrected chi connectivity index (χ2v) is 11.9. The molecule has 2 aromatic heterocycles. The Morgan fingerprint density at radius 3 is 2.77 bits per heavy atom. The Kier molecular flexibility index (Phi) is 7.20. The van der Waals surface area contributed by atoms with Gasteiger partial charge in [0.15, 0.2) is 5.82 Å². The molecule has 1 aliphatic carbocycles. The quantitative estimate of drug-likeness (QED) is 0.256. The molecule has 2 aliphatic heterocycles. The number of rotatable bonds is 9. The second kappa shape index (κ2) is 11.2. The minimum Gasteiger partial charge on any atom is -0.457 e. The Balaban J connectivity index is 1.07. The van der Waals surface area contributed by atoms with E-state index in [1.165, 1.54) is 25.7 Å². The van der Waals surface area contributed by atoms with Crippen LogP contribution in [0.15, 0.2) is 53.5 Å². The van der Waals surface area contributed by atoms with Crippen molar-refractivity contribution in [1.82, 2.24) is 24.6 Å². The second-order valence-electron chi connectivity index (χ2n) is 10.9. The van der Waals surface area contributed by atoms with Gasteiger partial charge in [-0.2, -0.15) is 0 Å². The normalized spacial score (nSPS) is 19.7. The van der Waals surface area contributed by atoms with E-state index >= 15 is 0 Å². The summed E-state index contributed by atoms with van der Waals surface area (Å²) in [5, 5.41) is 14.2. The summed E-state index contributed by atoms with van der Waals surface area (Å²) < 4.78 is 21.3. The van der Waals surface area contributed by atoms with Crippen LogP contribution in [-0.2, 0) is 19.8 Å². The Bertz CT molecular complexity index is 1510. The van der Waals surface area contributed by atoms with Gasteiger partial charge in [-0.25, -0.2) is 4.39 Å². The molecule has 0 amide bonds. The lowest BCUT2D eigenvalue weighted by Crippen LogP contribution is -2.36. The van der Waals surface area contributed by atoms with Gasteiger partial charge in [0.25, 0.3) is 0 Å². The van der Waals surface area contributed by atoms with Crippen LogP contribution in [0.25, 0.3) is 10.9 Å². The number of alkyl halides is 1. The minimum absolute atomic E-state index is 0.278. The first-order chi connectivity index (χ1) is 19.7. The molecule has 4 heterocycles. The van der Waals surface area contributed by atoms with E-state index < -0.39 is 6.67 Å². The van der Waals surface area contributed by atoms with Crippen LogP contribution in [0.2, 0.25) is 0 Å². The third kappa shape index (κ3) is 5.34. The summed E-state index contributed by atoms with van der Waals surface area (Å²) >= 11 is 1.83. The van der Waals surface area contributed by atoms with Crippen LogP contribution in [0.3, 0.4) is 0 Å². The summed E-state index contributed by atoms with van der Waals surface area (Å²) in [4.78, 5) is 11.2. The maximum Gasteiger partial charge on any atom is 0.164 e. The van der Waals surface area contributed by atoms with Crippen molar-refractivity contribution in [2.24, 2.45) is 4.99 Å². The van der Waals surface area contributed by atoms with Crippen molar-refractivity contribution in [3.8, 4) is 11.5 Å². The van der Waals surface area contributed by atoms with Crippen molar-refractivity contribution < 1.29 is 9.13 Å². The van der Waals surface area contributed by atoms with E-state index in [0.29, 0.717) is 11.9 Å². The molecule has 1 saturated carbocycles. The van der Waals surface area contributed by atoms with Gasteiger partial charge in [0.05, 0.1) is 29.5 Å². The largest absolute Gasteiger partial charge is 0.457 e. The van der Waals surface area contributed by atoms with Crippen molar-refractivity contribution in [3.63, 3.8) is 0 Å². The Morgan fingerprint density at radius 2 is 1.93 bits per heavy atom. The van der Waals surface area contributed by atoms with E-state index in [2.05, 4.69) is 43.6 Å². The van der Waals surface area contributed by atoms with Crippen molar-refractivity contribution >= 4 is 33.4 Å². The fourth-order valence-electron chi connectivity index (χ4n) is 6.02. The zero-order valence-electron chi connectivity index (χ0n) is 22.5. The van der Waals surface area contributed by atoms with Crippen molar-refractivity contribution in [2.75, 3.05) is 24.2 Å². The molecule has 1 atom stereocenters. The molecule has 4 aromatic rings. The zero-order chi connectivity index (χ0) is 26.9. The number of ether oxygens (including phenoxy) is 1. The van der Waals surface area contributed by atoms with Crippen LogP contribution in [0.1, 0.15) is 49.4 Å². The molecule has 208 valence electrons. The number of aromatic nitrogens is 4. The predicted molar refractivity (Wildman–Crippen MR) is 158 cm³/mol. The van der Waals surface area contributed by atoms with Crippen molar-refractivity contribution in [3.05, 3.63) is 65.9 Å². The first kappa shape index (κ1) is 25.6. The molecule has 0 radical (unpaired) electrons. The number of fused-ring (bicyclic) bond motifs is 2. The van der Waals surface area contributed by atoms with Gasteiger partial charge >= 0.3 is 0 Å². The van der Waals surface area contributed by atoms with Crippen LogP contribution in [0, 0.1) is 0 Å². The molecule has 0 bridgehead atoms. The van der Waals surface area contributed by atoms with Crippen molar-refractivity contribution in [2.45, 2.75) is 64.0 Å². The molecular formula is C30H34FN7OS. The number of hydrogen-bond donors (Lipinski definition) is 2. The van der Waals surface area contributed by atoms with Gasteiger partial charge in [0.2, 0.25) is 0 Å². The van der Waals surface area contributed by atoms with Crippen molar-refractivity contribution in [1.29, 1.82) is 0 Å². The summed E-state index contributed by atoms with van der Waals surface area (Å²) in [5.74, 6) is 3.95. The molecule has 40 heavy (non-hydrogen) atoms. The molecular weight excluding hydrogens is 525 g/mol. The van der Waals surface area contributed by atoms with E-state index in [0.717, 1.165) is 83.0 Å². The summed E-state index contributed by atoms with van der Waals surface area (Å²) in [6.07, 6.45) is 5.96. The van der Waals surface area contributed by atoms with Gasteiger partial charge in [-0.3, -0.25) is 9.89 Å². The average molecular weight is 560 g/mol. The van der Waals surface area contributed by atoms with Gasteiger partial charge in [-0.15, -0.1) is 22.0 Å². The molecule has 2 aromatic carbocycles. The molecule has 0 saturated heterocycles. The lowest BCUT2D eigenvalue weighted by molar-refractivity contribution is 0.208. The third-order valence-electron chi connectivity index (χ3n) is 8.15. The minimum atomic E-state index is -0.558. The van der Waals surface area contributed by atoms with Crippen LogP contribution >= 0.6 is 11.8 Å². The number of aliphatic imine (C=N–C) groups is 1. The maximum atomic E-state index is 13.1. The van der Waals surface area contributed by atoms with Gasteiger partial charge in [-0.05, 0) is 43.5 Å². The number of halogens is 1. The number of benzene rings is 2. The van der Waals surface area contributed by atoms with E-state index in [1.807, 2.05) is 46.7 Å². The maximum absolute atomic E-state index is 13.1. The summed E-state index contributed by atoms with van der Waals surface area (Å²) in [7, 11) is 0. The molecule has 8 nitrogen and oxygen atoms in total. The van der Waals surface area contributed by atoms with Gasteiger partial charge in [0, 0.05) is 42.9 Å².